The number of aliphatic hydroxyl groups is 1. The molecule has 3 aromatic rings. The van der Waals surface area contributed by atoms with Crippen molar-refractivity contribution in [2.75, 3.05) is 54.0 Å². The molecule has 1 spiro atoms. The Labute approximate surface area is 317 Å². The SMILES string of the molecule is COc1cc2c(cc1O)CCN[C@]21CS[C@@H]2c3c(OC(C)=O)c(C)c4c(c3[C@H](COC1=O)N1C(O)Cc3cc(C)c(OC)c(O)c3C(N(C)C)[C@H]21)OCO4. The summed E-state index contributed by atoms with van der Waals surface area (Å²) in [6.45, 7) is 5.17. The number of hydrogen-bond donors (Lipinski definition) is 4. The summed E-state index contributed by atoms with van der Waals surface area (Å²) in [7, 11) is 6.82. The van der Waals surface area contributed by atoms with E-state index in [0.717, 1.165) is 16.7 Å². The Morgan fingerprint density at radius 2 is 1.78 bits per heavy atom. The number of carbonyl (C=O) groups is 2. The molecule has 15 heteroatoms. The molecule has 6 aliphatic rings. The highest BCUT2D eigenvalue weighted by Gasteiger charge is 2.57. The number of aryl methyl sites for hydroxylation is 1. The number of ether oxygens (including phenoxy) is 6. The monoisotopic (exact) mass is 763 g/mol. The van der Waals surface area contributed by atoms with Crippen molar-refractivity contribution in [2.45, 2.75) is 68.8 Å². The van der Waals surface area contributed by atoms with Crippen LogP contribution in [0.3, 0.4) is 0 Å². The maximum atomic E-state index is 14.7. The lowest BCUT2D eigenvalue weighted by Crippen LogP contribution is -2.60. The number of hydrogen-bond acceptors (Lipinski definition) is 15. The number of carbonyl (C=O) groups excluding carboxylic acids is 2. The third-order valence-electron chi connectivity index (χ3n) is 11.5. The Morgan fingerprint density at radius 1 is 1.02 bits per heavy atom. The molecule has 6 heterocycles. The van der Waals surface area contributed by atoms with Gasteiger partial charge in [0.05, 0.1) is 31.6 Å². The summed E-state index contributed by atoms with van der Waals surface area (Å²) < 4.78 is 35.9. The highest BCUT2D eigenvalue weighted by Crippen LogP contribution is 2.63. The number of nitrogens with one attached hydrogen (secondary N) is 1. The summed E-state index contributed by atoms with van der Waals surface area (Å²) in [6, 6.07) is 3.27. The van der Waals surface area contributed by atoms with E-state index in [9.17, 15) is 24.9 Å². The van der Waals surface area contributed by atoms with Crippen LogP contribution in [0, 0.1) is 13.8 Å². The number of aromatic hydroxyl groups is 2. The van der Waals surface area contributed by atoms with Gasteiger partial charge in [0.25, 0.3) is 0 Å². The Morgan fingerprint density at radius 3 is 2.48 bits per heavy atom. The van der Waals surface area contributed by atoms with Crippen molar-refractivity contribution >= 4 is 23.7 Å². The number of aliphatic hydroxyl groups excluding tert-OH is 1. The first-order valence-corrected chi connectivity index (χ1v) is 19.0. The summed E-state index contributed by atoms with van der Waals surface area (Å²) in [5.74, 6) is 0.776. The minimum Gasteiger partial charge on any atom is -0.504 e. The molecule has 288 valence electrons. The molecule has 2 unspecified atom stereocenters. The zero-order valence-corrected chi connectivity index (χ0v) is 32.1. The molecular weight excluding hydrogens is 719 g/mol. The average Bonchev–Trinajstić information content (AvgIpc) is 3.57. The molecule has 1 saturated heterocycles. The fourth-order valence-electron chi connectivity index (χ4n) is 9.37. The first-order valence-electron chi connectivity index (χ1n) is 17.9. The molecule has 3 aromatic carbocycles. The lowest BCUT2D eigenvalue weighted by molar-refractivity contribution is -0.158. The topological polar surface area (TPSA) is 169 Å². The first-order chi connectivity index (χ1) is 25.8. The van der Waals surface area contributed by atoms with E-state index >= 15 is 0 Å². The number of rotatable bonds is 4. The zero-order chi connectivity index (χ0) is 38.4. The molecule has 0 saturated carbocycles. The van der Waals surface area contributed by atoms with E-state index in [1.165, 1.54) is 32.9 Å². The van der Waals surface area contributed by atoms with Crippen molar-refractivity contribution in [2.24, 2.45) is 0 Å². The highest BCUT2D eigenvalue weighted by atomic mass is 32.2. The zero-order valence-electron chi connectivity index (χ0n) is 31.3. The summed E-state index contributed by atoms with van der Waals surface area (Å²) in [6.07, 6.45) is -0.407. The van der Waals surface area contributed by atoms with Crippen LogP contribution in [0.15, 0.2) is 18.2 Å². The standard InChI is InChI=1S/C39H45N3O11S/c1-17-10-21-12-26(45)42-23-14-50-38(47)39(22-13-25(48-6)24(44)11-20(22)8-9-40-39)15-54-37(31(42)30(41(4)5)27(21)32(46)33(17)49-7)29-28(23)36-35(51-16-52-36)18(2)34(29)53-19(3)43/h10-11,13,23,26,30-31,37,40,44-46H,8-9,12,14-16H2,1-7H3/t23-,26?,30?,31+,37+,39+/m0/s1. The first kappa shape index (κ1) is 36.6. The molecule has 1 fully saturated rings. The number of thioether (sulfide) groups is 1. The number of phenols is 2. The summed E-state index contributed by atoms with van der Waals surface area (Å²) in [4.78, 5) is 31.6. The number of esters is 2. The van der Waals surface area contributed by atoms with Crippen molar-refractivity contribution in [3.05, 3.63) is 62.7 Å². The lowest BCUT2D eigenvalue weighted by Gasteiger charge is -2.53. The van der Waals surface area contributed by atoms with Gasteiger partial charge in [-0.3, -0.25) is 15.0 Å². The molecular formula is C39H45N3O11S. The van der Waals surface area contributed by atoms with Crippen LogP contribution in [-0.2, 0) is 32.7 Å². The Balaban J connectivity index is 1.43. The van der Waals surface area contributed by atoms with E-state index in [1.807, 2.05) is 43.8 Å². The lowest BCUT2D eigenvalue weighted by atomic mass is 9.80. The van der Waals surface area contributed by atoms with Gasteiger partial charge < -0.3 is 48.6 Å². The van der Waals surface area contributed by atoms with Crippen molar-refractivity contribution in [1.82, 2.24) is 15.1 Å². The molecule has 0 aliphatic carbocycles. The van der Waals surface area contributed by atoms with Gasteiger partial charge in [0.2, 0.25) is 6.79 Å². The van der Waals surface area contributed by atoms with Crippen LogP contribution in [-0.4, -0.2) is 103 Å². The van der Waals surface area contributed by atoms with Crippen LogP contribution in [0.25, 0.3) is 0 Å². The molecule has 0 aromatic heterocycles. The van der Waals surface area contributed by atoms with E-state index in [1.54, 1.807) is 12.1 Å². The van der Waals surface area contributed by atoms with Gasteiger partial charge in [-0.2, -0.15) is 0 Å². The molecule has 54 heavy (non-hydrogen) atoms. The van der Waals surface area contributed by atoms with Crippen LogP contribution in [0.5, 0.6) is 40.2 Å². The van der Waals surface area contributed by atoms with Gasteiger partial charge in [0.1, 0.15) is 18.6 Å². The van der Waals surface area contributed by atoms with Gasteiger partial charge in [-0.15, -0.1) is 11.8 Å². The van der Waals surface area contributed by atoms with Crippen molar-refractivity contribution in [1.29, 1.82) is 0 Å². The van der Waals surface area contributed by atoms with Gasteiger partial charge in [0.15, 0.2) is 40.0 Å². The molecule has 6 aliphatic heterocycles. The molecule has 0 radical (unpaired) electrons. The quantitative estimate of drug-likeness (QED) is 0.224. The van der Waals surface area contributed by atoms with E-state index in [-0.39, 0.29) is 42.8 Å². The Kier molecular flexibility index (Phi) is 9.08. The minimum absolute atomic E-state index is 0.0156. The number of benzene rings is 3. The average molecular weight is 764 g/mol. The van der Waals surface area contributed by atoms with E-state index in [4.69, 9.17) is 28.4 Å². The van der Waals surface area contributed by atoms with Gasteiger partial charge in [-0.1, -0.05) is 6.07 Å². The predicted octanol–water partition coefficient (Wildman–Crippen LogP) is 3.66. The second-order valence-corrected chi connectivity index (χ2v) is 15.9. The van der Waals surface area contributed by atoms with Crippen molar-refractivity contribution < 1.29 is 53.3 Å². The van der Waals surface area contributed by atoms with Crippen LogP contribution in [0.1, 0.15) is 68.8 Å². The second-order valence-electron chi connectivity index (χ2n) is 14.7. The van der Waals surface area contributed by atoms with Gasteiger partial charge in [0, 0.05) is 53.9 Å². The fourth-order valence-corrected chi connectivity index (χ4v) is 11.1. The molecule has 0 amide bonds. The van der Waals surface area contributed by atoms with Gasteiger partial charge >= 0.3 is 11.9 Å². The number of phenolic OH excluding ortho intramolecular Hbond substituents is 2. The Hall–Kier alpha value is -4.41. The third-order valence-corrected chi connectivity index (χ3v) is 13.0. The minimum atomic E-state index is -1.37. The number of methoxy groups -OCH3 is 2. The Bertz CT molecular complexity index is 2070. The largest absolute Gasteiger partial charge is 0.504 e. The van der Waals surface area contributed by atoms with Crippen LogP contribution in [0.4, 0.5) is 0 Å². The summed E-state index contributed by atoms with van der Waals surface area (Å²) in [5.41, 5.74) is 3.97. The molecule has 4 N–H and O–H groups in total. The second kappa shape index (κ2) is 13.4. The number of nitrogens with zero attached hydrogens (tertiary/aromatic N) is 2. The molecule has 9 rings (SSSR count). The van der Waals surface area contributed by atoms with E-state index < -0.39 is 47.1 Å². The fraction of sp³-hybridized carbons (Fsp3) is 0.487. The van der Waals surface area contributed by atoms with Crippen molar-refractivity contribution in [3.8, 4) is 40.2 Å². The normalized spacial score (nSPS) is 27.0. The van der Waals surface area contributed by atoms with Gasteiger partial charge in [-0.05, 0) is 68.8 Å². The highest BCUT2D eigenvalue weighted by molar-refractivity contribution is 7.99. The smallest absolute Gasteiger partial charge is 0.331 e. The van der Waals surface area contributed by atoms with E-state index in [0.29, 0.717) is 63.8 Å². The third kappa shape index (κ3) is 5.30. The maximum absolute atomic E-state index is 14.7. The van der Waals surface area contributed by atoms with Crippen LogP contribution in [0.2, 0.25) is 0 Å². The van der Waals surface area contributed by atoms with Gasteiger partial charge in [-0.25, -0.2) is 4.79 Å². The van der Waals surface area contributed by atoms with Crippen molar-refractivity contribution in [3.63, 3.8) is 0 Å². The summed E-state index contributed by atoms with van der Waals surface area (Å²) >= 11 is 1.45. The maximum Gasteiger partial charge on any atom is 0.331 e. The predicted molar refractivity (Wildman–Crippen MR) is 197 cm³/mol. The van der Waals surface area contributed by atoms with E-state index in [2.05, 4.69) is 5.32 Å². The number of fused-ring (bicyclic) bond motifs is 6. The molecule has 2 bridgehead atoms. The molecule has 6 atom stereocenters. The number of likely N-dealkylation sites (N-methyl/N-ethyl adjacent to an activating group) is 1. The summed E-state index contributed by atoms with van der Waals surface area (Å²) in [5, 5.41) is 38.1. The van der Waals surface area contributed by atoms with Crippen LogP contribution < -0.4 is 29.0 Å². The van der Waals surface area contributed by atoms with Crippen LogP contribution >= 0.6 is 11.8 Å². The molecule has 14 nitrogen and oxygen atoms in total.